The highest BCUT2D eigenvalue weighted by molar-refractivity contribution is 5.84. The van der Waals surface area contributed by atoms with E-state index in [0.29, 0.717) is 18.6 Å². The van der Waals surface area contributed by atoms with E-state index in [1.165, 1.54) is 0 Å². The van der Waals surface area contributed by atoms with Crippen LogP contribution in [0, 0.1) is 0 Å². The number of nitrogens with one attached hydrogen (secondary N) is 2. The molecule has 8 heteroatoms. The molecule has 1 unspecified atom stereocenters. The van der Waals surface area contributed by atoms with Crippen molar-refractivity contribution in [3.63, 3.8) is 0 Å². The first-order valence-corrected chi connectivity index (χ1v) is 12.2. The summed E-state index contributed by atoms with van der Waals surface area (Å²) in [7, 11) is 0. The summed E-state index contributed by atoms with van der Waals surface area (Å²) in [5, 5.41) is 14.8. The normalized spacial score (nSPS) is 12.2. The monoisotopic (exact) mass is 504 g/mol. The van der Waals surface area contributed by atoms with Gasteiger partial charge in [0.2, 0.25) is 5.91 Å². The molecule has 0 saturated heterocycles. The lowest BCUT2D eigenvalue weighted by molar-refractivity contribution is -0.147. The summed E-state index contributed by atoms with van der Waals surface area (Å²) < 4.78 is 11.1. The smallest absolute Gasteiger partial charge is 0.323 e. The van der Waals surface area contributed by atoms with Crippen LogP contribution in [0.3, 0.4) is 0 Å². The fraction of sp³-hybridized carbons (Fsp3) is 0.276. The van der Waals surface area contributed by atoms with Crippen molar-refractivity contribution in [2.45, 2.75) is 31.3 Å². The van der Waals surface area contributed by atoms with Gasteiger partial charge in [0, 0.05) is 6.54 Å². The third-order valence-corrected chi connectivity index (χ3v) is 5.55. The molecule has 0 heterocycles. The van der Waals surface area contributed by atoms with E-state index in [1.807, 2.05) is 91.0 Å². The van der Waals surface area contributed by atoms with Gasteiger partial charge in [-0.05, 0) is 36.1 Å². The summed E-state index contributed by atoms with van der Waals surface area (Å²) in [5.41, 5.74) is 1.80. The van der Waals surface area contributed by atoms with Crippen molar-refractivity contribution < 1.29 is 29.0 Å². The highest BCUT2D eigenvalue weighted by Gasteiger charge is 2.28. The van der Waals surface area contributed by atoms with Crippen LogP contribution in [-0.2, 0) is 32.0 Å². The average Bonchev–Trinajstić information content (AvgIpc) is 2.91. The van der Waals surface area contributed by atoms with Crippen LogP contribution >= 0.6 is 0 Å². The van der Waals surface area contributed by atoms with Crippen molar-refractivity contribution in [1.29, 1.82) is 0 Å². The lowest BCUT2D eigenvalue weighted by Crippen LogP contribution is -2.53. The van der Waals surface area contributed by atoms with Crippen molar-refractivity contribution in [1.82, 2.24) is 10.6 Å². The van der Waals surface area contributed by atoms with E-state index < -0.39 is 24.0 Å². The molecule has 194 valence electrons. The summed E-state index contributed by atoms with van der Waals surface area (Å²) in [4.78, 5) is 37.0. The van der Waals surface area contributed by atoms with Gasteiger partial charge in [0.25, 0.3) is 0 Å². The molecule has 2 atom stereocenters. The van der Waals surface area contributed by atoms with Gasteiger partial charge < -0.3 is 19.9 Å². The van der Waals surface area contributed by atoms with E-state index in [2.05, 4.69) is 10.6 Å². The van der Waals surface area contributed by atoms with Crippen LogP contribution < -0.4 is 15.4 Å². The number of carboxylic acid groups (broad SMARTS) is 1. The van der Waals surface area contributed by atoms with E-state index in [9.17, 15) is 14.4 Å². The number of hydrogen-bond acceptors (Lipinski definition) is 6. The van der Waals surface area contributed by atoms with Crippen molar-refractivity contribution in [3.05, 3.63) is 102 Å². The third-order valence-electron chi connectivity index (χ3n) is 5.55. The SMILES string of the molecule is O=C(O)CCNC(=O)[C@H](Cc1ccccc1)NC(Cc1ccccc1)C(=O)OCCOc1ccccc1. The van der Waals surface area contributed by atoms with Gasteiger partial charge in [-0.1, -0.05) is 78.9 Å². The Hall–Kier alpha value is -4.17. The lowest BCUT2D eigenvalue weighted by atomic mass is 10.0. The molecule has 8 nitrogen and oxygen atoms in total. The molecule has 0 radical (unpaired) electrons. The molecule has 1 amide bonds. The number of benzene rings is 3. The van der Waals surface area contributed by atoms with Gasteiger partial charge in [-0.2, -0.15) is 0 Å². The molecular weight excluding hydrogens is 472 g/mol. The number of ether oxygens (including phenoxy) is 2. The Morgan fingerprint density at radius 1 is 0.730 bits per heavy atom. The Morgan fingerprint density at radius 2 is 1.27 bits per heavy atom. The number of carbonyl (C=O) groups is 3. The van der Waals surface area contributed by atoms with Crippen molar-refractivity contribution in [2.24, 2.45) is 0 Å². The average molecular weight is 505 g/mol. The van der Waals surface area contributed by atoms with Crippen LogP contribution in [0.25, 0.3) is 0 Å². The molecule has 0 bridgehead atoms. The number of amides is 1. The molecule has 0 aliphatic rings. The molecule has 0 aliphatic carbocycles. The summed E-state index contributed by atoms with van der Waals surface area (Å²) in [6.07, 6.45) is 0.434. The predicted octanol–water partition coefficient (Wildman–Crippen LogP) is 3.01. The highest BCUT2D eigenvalue weighted by atomic mass is 16.6. The maximum atomic E-state index is 13.1. The molecule has 0 spiro atoms. The fourth-order valence-electron chi connectivity index (χ4n) is 3.71. The first-order chi connectivity index (χ1) is 18.0. The Bertz CT molecular complexity index is 1110. The van der Waals surface area contributed by atoms with E-state index in [4.69, 9.17) is 14.6 Å². The third kappa shape index (κ3) is 10.1. The lowest BCUT2D eigenvalue weighted by Gasteiger charge is -2.25. The first kappa shape index (κ1) is 27.4. The Morgan fingerprint density at radius 3 is 1.84 bits per heavy atom. The summed E-state index contributed by atoms with van der Waals surface area (Å²) >= 11 is 0. The Labute approximate surface area is 216 Å². The summed E-state index contributed by atoms with van der Waals surface area (Å²) in [5.74, 6) is -1.21. The summed E-state index contributed by atoms with van der Waals surface area (Å²) in [6.45, 7) is 0.234. The Balaban J connectivity index is 1.69. The molecule has 3 rings (SSSR count). The quantitative estimate of drug-likeness (QED) is 0.215. The maximum Gasteiger partial charge on any atom is 0.323 e. The van der Waals surface area contributed by atoms with Gasteiger partial charge in [0.15, 0.2) is 0 Å². The minimum Gasteiger partial charge on any atom is -0.490 e. The van der Waals surface area contributed by atoms with Gasteiger partial charge in [-0.15, -0.1) is 0 Å². The molecule has 0 aromatic heterocycles. The van der Waals surface area contributed by atoms with Gasteiger partial charge in [0.05, 0.1) is 12.5 Å². The zero-order valence-corrected chi connectivity index (χ0v) is 20.5. The minimum atomic E-state index is -1.00. The molecule has 0 saturated carbocycles. The standard InChI is InChI=1S/C29H32N2O6/c32-27(33)16-17-30-28(34)25(20-22-10-4-1-5-11-22)31-26(21-23-12-6-2-7-13-23)29(35)37-19-18-36-24-14-8-3-9-15-24/h1-15,25-26,31H,16-21H2,(H,30,34)(H,32,33)/t25-,26?/m0/s1. The number of rotatable bonds is 15. The van der Waals surface area contributed by atoms with Crippen LogP contribution in [0.1, 0.15) is 17.5 Å². The van der Waals surface area contributed by atoms with E-state index in [1.54, 1.807) is 0 Å². The van der Waals surface area contributed by atoms with Crippen LogP contribution in [0.2, 0.25) is 0 Å². The summed E-state index contributed by atoms with van der Waals surface area (Å²) in [6, 6.07) is 26.5. The highest BCUT2D eigenvalue weighted by Crippen LogP contribution is 2.11. The molecule has 37 heavy (non-hydrogen) atoms. The number of hydrogen-bond donors (Lipinski definition) is 3. The second-order valence-electron chi connectivity index (χ2n) is 8.42. The van der Waals surface area contributed by atoms with Gasteiger partial charge in [-0.3, -0.25) is 19.7 Å². The molecule has 3 N–H and O–H groups in total. The zero-order chi connectivity index (χ0) is 26.3. The second kappa shape index (κ2) is 15.1. The minimum absolute atomic E-state index is 0.00818. The Kier molecular flexibility index (Phi) is 11.2. The van der Waals surface area contributed by atoms with Crippen LogP contribution in [0.15, 0.2) is 91.0 Å². The largest absolute Gasteiger partial charge is 0.490 e. The molecule has 0 fully saturated rings. The fourth-order valence-corrected chi connectivity index (χ4v) is 3.71. The van der Waals surface area contributed by atoms with Crippen LogP contribution in [0.4, 0.5) is 0 Å². The number of esters is 1. The molecule has 0 aliphatic heterocycles. The second-order valence-corrected chi connectivity index (χ2v) is 8.42. The zero-order valence-electron chi connectivity index (χ0n) is 20.5. The van der Waals surface area contributed by atoms with Crippen LogP contribution in [-0.4, -0.2) is 54.8 Å². The van der Waals surface area contributed by atoms with Gasteiger partial charge in [-0.25, -0.2) is 0 Å². The number of para-hydroxylation sites is 1. The van der Waals surface area contributed by atoms with Crippen molar-refractivity contribution in [2.75, 3.05) is 19.8 Å². The molecule has 3 aromatic carbocycles. The number of carbonyl (C=O) groups excluding carboxylic acids is 2. The van der Waals surface area contributed by atoms with Crippen molar-refractivity contribution >= 4 is 17.8 Å². The topological polar surface area (TPSA) is 114 Å². The maximum absolute atomic E-state index is 13.1. The predicted molar refractivity (Wildman–Crippen MR) is 139 cm³/mol. The number of carboxylic acids is 1. The van der Waals surface area contributed by atoms with E-state index in [0.717, 1.165) is 11.1 Å². The molecular formula is C29H32N2O6. The van der Waals surface area contributed by atoms with Crippen molar-refractivity contribution in [3.8, 4) is 5.75 Å². The molecule has 3 aromatic rings. The number of aliphatic carboxylic acids is 1. The van der Waals surface area contributed by atoms with E-state index in [-0.39, 0.29) is 32.1 Å². The van der Waals surface area contributed by atoms with Gasteiger partial charge in [0.1, 0.15) is 25.0 Å². The first-order valence-electron chi connectivity index (χ1n) is 12.2. The van der Waals surface area contributed by atoms with Crippen LogP contribution in [0.5, 0.6) is 5.75 Å². The van der Waals surface area contributed by atoms with E-state index >= 15 is 0 Å². The van der Waals surface area contributed by atoms with Gasteiger partial charge >= 0.3 is 11.9 Å².